The van der Waals surface area contributed by atoms with Crippen molar-refractivity contribution in [2.75, 3.05) is 7.11 Å². The van der Waals surface area contributed by atoms with Crippen LogP contribution in [0.25, 0.3) is 0 Å². The van der Waals surface area contributed by atoms with Crippen LogP contribution in [0.4, 0.5) is 0 Å². The molecule has 158 valence electrons. The fourth-order valence-corrected chi connectivity index (χ4v) is 2.47. The van der Waals surface area contributed by atoms with Gasteiger partial charge in [0.25, 0.3) is 5.69 Å². The molecule has 0 spiro atoms. The fraction of sp³-hybridized carbons (Fsp3) is 0.391. The first-order chi connectivity index (χ1) is 14.0. The molecule has 1 aromatic carbocycles. The molecule has 2 aromatic rings. The summed E-state index contributed by atoms with van der Waals surface area (Å²) in [5.74, 6) is -0.221. The molecular formula is C23H33N2O4+. The zero-order chi connectivity index (χ0) is 22.2. The summed E-state index contributed by atoms with van der Waals surface area (Å²) in [6.45, 7) is 13.0. The van der Waals surface area contributed by atoms with E-state index >= 15 is 0 Å². The number of carbonyl (C=O) groups is 2. The SMILES string of the molecule is C/C=C(\CC)C(=O)CCc1c(C(=O)c2ccccc2)no[n+]1OC.C=CC.CC. The summed E-state index contributed by atoms with van der Waals surface area (Å²) in [5, 5.41) is 3.81. The summed E-state index contributed by atoms with van der Waals surface area (Å²) >= 11 is 0. The molecule has 6 heteroatoms. The van der Waals surface area contributed by atoms with Gasteiger partial charge in [0.2, 0.25) is 5.78 Å². The molecule has 0 aliphatic heterocycles. The maximum Gasteiger partial charge on any atom is 0.321 e. The zero-order valence-electron chi connectivity index (χ0n) is 18.4. The van der Waals surface area contributed by atoms with E-state index in [0.717, 1.165) is 10.5 Å². The van der Waals surface area contributed by atoms with Crippen LogP contribution in [-0.4, -0.2) is 23.8 Å². The summed E-state index contributed by atoms with van der Waals surface area (Å²) in [5.41, 5.74) is 1.89. The van der Waals surface area contributed by atoms with Gasteiger partial charge in [-0.2, -0.15) is 0 Å². The Morgan fingerprint density at radius 1 is 1.21 bits per heavy atom. The second kappa shape index (κ2) is 15.0. The number of benzene rings is 1. The van der Waals surface area contributed by atoms with Crippen LogP contribution in [0, 0.1) is 0 Å². The Kier molecular flexibility index (Phi) is 13.4. The molecular weight excluding hydrogens is 368 g/mol. The molecule has 0 aliphatic carbocycles. The van der Waals surface area contributed by atoms with Crippen molar-refractivity contribution in [2.45, 2.75) is 53.9 Å². The number of ketones is 2. The first kappa shape index (κ1) is 26.0. The van der Waals surface area contributed by atoms with Crippen molar-refractivity contribution in [3.8, 4) is 0 Å². The fourth-order valence-electron chi connectivity index (χ4n) is 2.47. The van der Waals surface area contributed by atoms with Gasteiger partial charge in [-0.05, 0) is 30.5 Å². The minimum atomic E-state index is -0.264. The van der Waals surface area contributed by atoms with Crippen LogP contribution >= 0.6 is 0 Å². The number of aromatic nitrogens is 2. The highest BCUT2D eigenvalue weighted by Crippen LogP contribution is 2.13. The molecule has 1 aromatic heterocycles. The van der Waals surface area contributed by atoms with Crippen molar-refractivity contribution in [1.82, 2.24) is 5.16 Å². The Hall–Kier alpha value is -3.02. The van der Waals surface area contributed by atoms with E-state index in [1.54, 1.807) is 30.3 Å². The minimum Gasteiger partial charge on any atom is -0.305 e. The Bertz CT molecular complexity index is 792. The average molecular weight is 402 g/mol. The largest absolute Gasteiger partial charge is 0.321 e. The molecule has 2 rings (SSSR count). The normalized spacial score (nSPS) is 10.1. The quantitative estimate of drug-likeness (QED) is 0.374. The van der Waals surface area contributed by atoms with Crippen LogP contribution < -0.4 is 9.74 Å². The van der Waals surface area contributed by atoms with Gasteiger partial charge in [-0.1, -0.05) is 63.3 Å². The van der Waals surface area contributed by atoms with Gasteiger partial charge in [-0.25, -0.2) is 0 Å². The Morgan fingerprint density at radius 2 is 1.79 bits per heavy atom. The molecule has 0 aliphatic rings. The topological polar surface area (TPSA) is 73.3 Å². The van der Waals surface area contributed by atoms with E-state index in [1.807, 2.05) is 46.8 Å². The molecule has 6 nitrogen and oxygen atoms in total. The van der Waals surface area contributed by atoms with E-state index in [4.69, 9.17) is 9.47 Å². The van der Waals surface area contributed by atoms with Gasteiger partial charge in [0.1, 0.15) is 12.0 Å². The summed E-state index contributed by atoms with van der Waals surface area (Å²) in [6.07, 6.45) is 4.81. The number of nitrogens with zero attached hydrogens (tertiary/aromatic N) is 2. The predicted octanol–water partition coefficient (Wildman–Crippen LogP) is 4.33. The van der Waals surface area contributed by atoms with Crippen molar-refractivity contribution in [2.24, 2.45) is 0 Å². The third-order valence-corrected chi connectivity index (χ3v) is 3.79. The van der Waals surface area contributed by atoms with Gasteiger partial charge in [-0.15, -0.1) is 6.58 Å². The Labute approximate surface area is 173 Å². The van der Waals surface area contributed by atoms with E-state index < -0.39 is 0 Å². The van der Waals surface area contributed by atoms with E-state index in [2.05, 4.69) is 11.7 Å². The van der Waals surface area contributed by atoms with Crippen LogP contribution in [0.1, 0.15) is 69.2 Å². The number of hydrogen-bond acceptors (Lipinski definition) is 5. The van der Waals surface area contributed by atoms with E-state index in [0.29, 0.717) is 24.1 Å². The molecule has 0 bridgehead atoms. The molecule has 0 fully saturated rings. The van der Waals surface area contributed by atoms with Gasteiger partial charge in [-0.3, -0.25) is 9.59 Å². The van der Waals surface area contributed by atoms with Gasteiger partial charge in [0.05, 0.1) is 0 Å². The zero-order valence-corrected chi connectivity index (χ0v) is 18.4. The Morgan fingerprint density at radius 3 is 2.28 bits per heavy atom. The summed E-state index contributed by atoms with van der Waals surface area (Å²) in [7, 11) is 1.41. The van der Waals surface area contributed by atoms with Gasteiger partial charge in [0, 0.05) is 18.4 Å². The molecule has 0 saturated heterocycles. The monoisotopic (exact) mass is 401 g/mol. The maximum absolute atomic E-state index is 12.6. The van der Waals surface area contributed by atoms with E-state index in [9.17, 15) is 9.59 Å². The maximum atomic E-state index is 12.6. The van der Waals surface area contributed by atoms with Crippen molar-refractivity contribution >= 4 is 11.6 Å². The van der Waals surface area contributed by atoms with Crippen molar-refractivity contribution in [1.29, 1.82) is 0 Å². The first-order valence-corrected chi connectivity index (χ1v) is 9.84. The van der Waals surface area contributed by atoms with Crippen molar-refractivity contribution in [3.63, 3.8) is 0 Å². The molecule has 0 N–H and O–H groups in total. The van der Waals surface area contributed by atoms with Gasteiger partial charge >= 0.3 is 5.69 Å². The van der Waals surface area contributed by atoms with Crippen LogP contribution in [0.5, 0.6) is 0 Å². The van der Waals surface area contributed by atoms with Crippen molar-refractivity contribution < 1.29 is 24.0 Å². The lowest BCUT2D eigenvalue weighted by Gasteiger charge is -2.01. The summed E-state index contributed by atoms with van der Waals surface area (Å²) in [4.78, 5) is 30.9. The smallest absolute Gasteiger partial charge is 0.305 e. The van der Waals surface area contributed by atoms with Gasteiger partial charge < -0.3 is 4.84 Å². The second-order valence-corrected chi connectivity index (χ2v) is 5.60. The molecule has 0 atom stereocenters. The summed E-state index contributed by atoms with van der Waals surface area (Å²) < 4.78 is 5.03. The standard InChI is InChI=1S/C18H21N2O4.C3H6.C2H6/c1-4-13(5-2)16(21)12-11-15-17(19-24-20(15)23-3)18(22)14-9-7-6-8-10-14;1-3-2;1-2/h4,6-10H,5,11-12H2,1-3H3;3H,1H2,2H3;1-2H3/q+1;;/b13-4+;;. The average Bonchev–Trinajstić information content (AvgIpc) is 3.18. The molecule has 0 amide bonds. The number of carbonyl (C=O) groups excluding carboxylic acids is 2. The van der Waals surface area contributed by atoms with Gasteiger partial charge in [0.15, 0.2) is 10.9 Å². The summed E-state index contributed by atoms with van der Waals surface area (Å²) in [6, 6.07) is 8.80. The second-order valence-electron chi connectivity index (χ2n) is 5.60. The number of Topliss-reactive ketones (excluding diaryl/α,β-unsaturated/α-hetero) is 1. The molecule has 0 saturated carbocycles. The predicted molar refractivity (Wildman–Crippen MR) is 114 cm³/mol. The lowest BCUT2D eigenvalue weighted by atomic mass is 10.0. The lowest BCUT2D eigenvalue weighted by Crippen LogP contribution is -2.43. The highest BCUT2D eigenvalue weighted by Gasteiger charge is 2.32. The molecule has 0 radical (unpaired) electrons. The minimum absolute atomic E-state index is 0.0435. The highest BCUT2D eigenvalue weighted by molar-refractivity contribution is 6.08. The number of rotatable bonds is 8. The van der Waals surface area contributed by atoms with Crippen LogP contribution in [0.3, 0.4) is 0 Å². The Balaban J connectivity index is 0.00000143. The number of hydrogen-bond donors (Lipinski definition) is 0. The highest BCUT2D eigenvalue weighted by atomic mass is 16.8. The number of allylic oxidation sites excluding steroid dienone is 3. The molecule has 0 unspecified atom stereocenters. The molecule has 29 heavy (non-hydrogen) atoms. The third kappa shape index (κ3) is 7.86. The first-order valence-electron chi connectivity index (χ1n) is 9.84. The van der Waals surface area contributed by atoms with E-state index in [1.165, 1.54) is 7.11 Å². The van der Waals surface area contributed by atoms with Crippen LogP contribution in [0.15, 0.2) is 59.3 Å². The van der Waals surface area contributed by atoms with Crippen LogP contribution in [0.2, 0.25) is 0 Å². The van der Waals surface area contributed by atoms with Crippen LogP contribution in [-0.2, 0) is 11.2 Å². The van der Waals surface area contributed by atoms with E-state index in [-0.39, 0.29) is 23.7 Å². The van der Waals surface area contributed by atoms with Crippen molar-refractivity contribution in [3.05, 3.63) is 71.6 Å². The third-order valence-electron chi connectivity index (χ3n) is 3.79. The molecule has 1 heterocycles. The lowest BCUT2D eigenvalue weighted by molar-refractivity contribution is -1.02.